The second kappa shape index (κ2) is 9.37. The van der Waals surface area contributed by atoms with Crippen molar-refractivity contribution in [1.82, 2.24) is 19.6 Å². The number of carbonyl (C=O) groups excluding carboxylic acids is 1. The van der Waals surface area contributed by atoms with Gasteiger partial charge >= 0.3 is 0 Å². The van der Waals surface area contributed by atoms with Gasteiger partial charge in [-0.3, -0.25) is 9.78 Å². The molecule has 0 atom stereocenters. The first-order chi connectivity index (χ1) is 13.5. The first-order valence-electron chi connectivity index (χ1n) is 8.58. The lowest BCUT2D eigenvalue weighted by Gasteiger charge is -2.15. The fourth-order valence-corrected chi connectivity index (χ4v) is 5.63. The van der Waals surface area contributed by atoms with Crippen molar-refractivity contribution in [2.75, 3.05) is 20.1 Å². The zero-order valence-electron chi connectivity index (χ0n) is 15.2. The van der Waals surface area contributed by atoms with Gasteiger partial charge in [0.1, 0.15) is 4.21 Å². The predicted molar refractivity (Wildman–Crippen MR) is 111 cm³/mol. The maximum Gasteiger partial charge on any atom is 0.252 e. The fraction of sp³-hybridized carbons (Fsp3) is 0.278. The number of amides is 1. The summed E-state index contributed by atoms with van der Waals surface area (Å²) in [6, 6.07) is 7.03. The van der Waals surface area contributed by atoms with Crippen molar-refractivity contribution >= 4 is 38.6 Å². The summed E-state index contributed by atoms with van der Waals surface area (Å²) < 4.78 is 25.9. The smallest absolute Gasteiger partial charge is 0.252 e. The summed E-state index contributed by atoms with van der Waals surface area (Å²) in [4.78, 5) is 20.6. The number of nitrogens with one attached hydrogen (secondary N) is 1. The van der Waals surface area contributed by atoms with Gasteiger partial charge < -0.3 is 5.32 Å². The van der Waals surface area contributed by atoms with Crippen LogP contribution in [0.5, 0.6) is 0 Å². The summed E-state index contributed by atoms with van der Waals surface area (Å²) in [6.07, 6.45) is 4.95. The normalized spacial score (nSPS) is 11.6. The summed E-state index contributed by atoms with van der Waals surface area (Å²) in [5.41, 5.74) is 1.95. The third-order valence-electron chi connectivity index (χ3n) is 3.94. The van der Waals surface area contributed by atoms with Gasteiger partial charge in [-0.1, -0.05) is 6.07 Å². The van der Waals surface area contributed by atoms with E-state index in [2.05, 4.69) is 15.3 Å². The molecule has 1 N–H and O–H groups in total. The van der Waals surface area contributed by atoms with Crippen LogP contribution in [0, 0.1) is 0 Å². The Morgan fingerprint density at radius 3 is 2.71 bits per heavy atom. The summed E-state index contributed by atoms with van der Waals surface area (Å²) in [7, 11) is -2.20. The molecule has 0 fully saturated rings. The average Bonchev–Trinajstić information content (AvgIpc) is 3.38. The first-order valence-corrected chi connectivity index (χ1v) is 11.8. The molecule has 7 nitrogen and oxygen atoms in total. The number of thiazole rings is 1. The lowest BCUT2D eigenvalue weighted by molar-refractivity contribution is -0.121. The van der Waals surface area contributed by atoms with E-state index in [-0.39, 0.29) is 16.7 Å². The molecule has 3 rings (SSSR count). The number of hydrogen-bond donors (Lipinski definition) is 1. The molecular weight excluding hydrogens is 416 g/mol. The molecule has 0 bridgehead atoms. The second-order valence-electron chi connectivity index (χ2n) is 6.01. The lowest BCUT2D eigenvalue weighted by Crippen LogP contribution is -2.38. The molecule has 0 aliphatic carbocycles. The Bertz CT molecular complexity index is 1000. The van der Waals surface area contributed by atoms with E-state index >= 15 is 0 Å². The monoisotopic (exact) mass is 436 g/mol. The number of sulfonamides is 1. The van der Waals surface area contributed by atoms with Gasteiger partial charge in [0, 0.05) is 43.4 Å². The lowest BCUT2D eigenvalue weighted by atomic mass is 10.2. The minimum absolute atomic E-state index is 0.205. The highest BCUT2D eigenvalue weighted by Crippen LogP contribution is 2.22. The van der Waals surface area contributed by atoms with Crippen LogP contribution in [0.2, 0.25) is 0 Å². The van der Waals surface area contributed by atoms with Gasteiger partial charge in [0.15, 0.2) is 0 Å². The van der Waals surface area contributed by atoms with Crippen LogP contribution < -0.4 is 5.32 Å². The molecule has 0 unspecified atom stereocenters. The second-order valence-corrected chi connectivity index (χ2v) is 10.2. The van der Waals surface area contributed by atoms with Gasteiger partial charge in [-0.05, 0) is 30.0 Å². The van der Waals surface area contributed by atoms with Gasteiger partial charge in [-0.15, -0.1) is 22.7 Å². The van der Waals surface area contributed by atoms with Crippen LogP contribution in [0.25, 0.3) is 11.3 Å². The molecule has 0 saturated carbocycles. The number of rotatable bonds is 9. The summed E-state index contributed by atoms with van der Waals surface area (Å²) in [5, 5.41) is 7.47. The molecule has 0 saturated heterocycles. The molecule has 3 heterocycles. The van der Waals surface area contributed by atoms with E-state index in [0.29, 0.717) is 6.54 Å². The largest absolute Gasteiger partial charge is 0.355 e. The minimum Gasteiger partial charge on any atom is -0.355 e. The number of pyridine rings is 1. The molecule has 0 radical (unpaired) electrons. The van der Waals surface area contributed by atoms with Crippen molar-refractivity contribution < 1.29 is 13.2 Å². The Labute approximate surface area is 172 Å². The molecule has 0 spiro atoms. The van der Waals surface area contributed by atoms with Crippen molar-refractivity contribution in [2.24, 2.45) is 0 Å². The topological polar surface area (TPSA) is 92.3 Å². The molecule has 0 aliphatic heterocycles. The average molecular weight is 437 g/mol. The highest BCUT2D eigenvalue weighted by Gasteiger charge is 2.23. The van der Waals surface area contributed by atoms with Gasteiger partial charge in [0.2, 0.25) is 5.91 Å². The zero-order chi connectivity index (χ0) is 20.0. The SMILES string of the molecule is CN(CC(=O)NCCCc1nc(-c2ccncc2)cs1)S(=O)(=O)c1cccs1. The Morgan fingerprint density at radius 2 is 2.00 bits per heavy atom. The maximum absolute atomic E-state index is 12.3. The molecule has 3 aromatic heterocycles. The maximum atomic E-state index is 12.3. The predicted octanol–water partition coefficient (Wildman–Crippen LogP) is 2.64. The number of nitrogens with zero attached hydrogens (tertiary/aromatic N) is 3. The van der Waals surface area contributed by atoms with Crippen LogP contribution in [0.15, 0.2) is 51.6 Å². The Morgan fingerprint density at radius 1 is 1.21 bits per heavy atom. The van der Waals surface area contributed by atoms with E-state index in [9.17, 15) is 13.2 Å². The van der Waals surface area contributed by atoms with Crippen molar-refractivity contribution in [1.29, 1.82) is 0 Å². The zero-order valence-corrected chi connectivity index (χ0v) is 17.7. The summed E-state index contributed by atoms with van der Waals surface area (Å²) >= 11 is 2.72. The number of likely N-dealkylation sites (N-methyl/N-ethyl adjacent to an activating group) is 1. The van der Waals surface area contributed by atoms with Crippen LogP contribution in [0.1, 0.15) is 11.4 Å². The van der Waals surface area contributed by atoms with Crippen molar-refractivity contribution in [3.8, 4) is 11.3 Å². The van der Waals surface area contributed by atoms with E-state index in [1.54, 1.807) is 35.2 Å². The van der Waals surface area contributed by atoms with Crippen LogP contribution in [0.4, 0.5) is 0 Å². The van der Waals surface area contributed by atoms with Gasteiger partial charge in [-0.2, -0.15) is 4.31 Å². The summed E-state index contributed by atoms with van der Waals surface area (Å²) in [5.74, 6) is -0.320. The number of carbonyl (C=O) groups is 1. The third-order valence-corrected chi connectivity index (χ3v) is 8.03. The Hall–Kier alpha value is -2.14. The van der Waals surface area contributed by atoms with E-state index in [1.165, 1.54) is 13.1 Å². The van der Waals surface area contributed by atoms with E-state index in [4.69, 9.17) is 0 Å². The highest BCUT2D eigenvalue weighted by molar-refractivity contribution is 7.91. The molecule has 10 heteroatoms. The third kappa shape index (κ3) is 5.22. The van der Waals surface area contributed by atoms with E-state index in [0.717, 1.165) is 44.7 Å². The Kier molecular flexibility index (Phi) is 6.89. The number of aryl methyl sites for hydroxylation is 1. The number of thiophene rings is 1. The summed E-state index contributed by atoms with van der Waals surface area (Å²) in [6.45, 7) is 0.263. The van der Waals surface area contributed by atoms with Crippen LogP contribution in [0.3, 0.4) is 0 Å². The van der Waals surface area contributed by atoms with Crippen molar-refractivity contribution in [3.05, 3.63) is 52.4 Å². The van der Waals surface area contributed by atoms with Gasteiger partial charge in [0.05, 0.1) is 17.2 Å². The van der Waals surface area contributed by atoms with Crippen molar-refractivity contribution in [3.63, 3.8) is 0 Å². The van der Waals surface area contributed by atoms with Crippen LogP contribution >= 0.6 is 22.7 Å². The first kappa shape index (κ1) is 20.6. The van der Waals surface area contributed by atoms with E-state index < -0.39 is 10.0 Å². The molecule has 1 amide bonds. The van der Waals surface area contributed by atoms with Crippen molar-refractivity contribution in [2.45, 2.75) is 17.1 Å². The molecule has 148 valence electrons. The fourth-order valence-electron chi connectivity index (χ4n) is 2.46. The van der Waals surface area contributed by atoms with E-state index in [1.807, 2.05) is 17.5 Å². The molecule has 0 aliphatic rings. The highest BCUT2D eigenvalue weighted by atomic mass is 32.2. The molecular formula is C18H20N4O3S3. The molecule has 0 aromatic carbocycles. The minimum atomic E-state index is -3.61. The number of hydrogen-bond acceptors (Lipinski definition) is 7. The molecule has 28 heavy (non-hydrogen) atoms. The van der Waals surface area contributed by atoms with Crippen LogP contribution in [-0.4, -0.2) is 48.7 Å². The van der Waals surface area contributed by atoms with Crippen LogP contribution in [-0.2, 0) is 21.2 Å². The number of aromatic nitrogens is 2. The standard InChI is InChI=1S/C18H20N4O3S3/c1-22(28(24,25)18-5-3-11-26-18)12-16(23)20-8-2-4-17-21-15(13-27-17)14-6-9-19-10-7-14/h3,5-7,9-11,13H,2,4,8,12H2,1H3,(H,20,23). The quantitative estimate of drug-likeness (QED) is 0.521. The van der Waals surface area contributed by atoms with Gasteiger partial charge in [-0.25, -0.2) is 13.4 Å². The Balaban J connectivity index is 1.42. The van der Waals surface area contributed by atoms with Gasteiger partial charge in [0.25, 0.3) is 10.0 Å². The molecule has 3 aromatic rings.